The monoisotopic (exact) mass is 250 g/mol. The van der Waals surface area contributed by atoms with Crippen molar-refractivity contribution in [3.8, 4) is 11.3 Å². The van der Waals surface area contributed by atoms with Crippen molar-refractivity contribution in [1.29, 1.82) is 0 Å². The molecule has 0 saturated carbocycles. The van der Waals surface area contributed by atoms with Gasteiger partial charge in [0, 0.05) is 19.5 Å². The summed E-state index contributed by atoms with van der Waals surface area (Å²) in [5.41, 5.74) is 0.764. The second kappa shape index (κ2) is 4.63. The Morgan fingerprint density at radius 1 is 1.41 bits per heavy atom. The lowest BCUT2D eigenvalue weighted by Crippen LogP contribution is -1.93. The summed E-state index contributed by atoms with van der Waals surface area (Å²) in [6.07, 6.45) is 0. The zero-order valence-corrected chi connectivity index (χ0v) is 10.3. The van der Waals surface area contributed by atoms with Crippen molar-refractivity contribution in [2.24, 2.45) is 0 Å². The van der Waals surface area contributed by atoms with Crippen LogP contribution in [0.5, 0.6) is 0 Å². The summed E-state index contributed by atoms with van der Waals surface area (Å²) in [5.74, 6) is -0.481. The number of benzene rings is 1. The van der Waals surface area contributed by atoms with Crippen LogP contribution in [-0.2, 0) is 0 Å². The zero-order valence-electron chi connectivity index (χ0n) is 9.45. The van der Waals surface area contributed by atoms with Crippen molar-refractivity contribution in [1.82, 2.24) is 4.98 Å². The lowest BCUT2D eigenvalue weighted by Gasteiger charge is -2.00. The van der Waals surface area contributed by atoms with Gasteiger partial charge in [-0.15, -0.1) is 0 Å². The lowest BCUT2D eigenvalue weighted by atomic mass is 10.1. The standard InChI is InChI=1S/C12H11FN2OS/c1-7(16)11-10(15-12(14-2)17-11)8-5-3-4-6-9(8)13/h3-6H,1-2H3,(H,14,15). The van der Waals surface area contributed by atoms with Crippen LogP contribution in [0.3, 0.4) is 0 Å². The highest BCUT2D eigenvalue weighted by atomic mass is 32.1. The second-order valence-corrected chi connectivity index (χ2v) is 4.48. The van der Waals surface area contributed by atoms with E-state index in [1.54, 1.807) is 25.2 Å². The van der Waals surface area contributed by atoms with Crippen molar-refractivity contribution in [2.75, 3.05) is 12.4 Å². The maximum Gasteiger partial charge on any atom is 0.183 e. The van der Waals surface area contributed by atoms with E-state index in [0.29, 0.717) is 21.3 Å². The zero-order chi connectivity index (χ0) is 12.4. The molecule has 0 fully saturated rings. The number of thiazole rings is 1. The van der Waals surface area contributed by atoms with Gasteiger partial charge in [0.2, 0.25) is 0 Å². The molecule has 2 aromatic rings. The van der Waals surface area contributed by atoms with Crippen molar-refractivity contribution >= 4 is 22.3 Å². The van der Waals surface area contributed by atoms with Gasteiger partial charge in [-0.2, -0.15) is 0 Å². The Morgan fingerprint density at radius 3 is 2.71 bits per heavy atom. The van der Waals surface area contributed by atoms with Gasteiger partial charge < -0.3 is 5.32 Å². The van der Waals surface area contributed by atoms with E-state index in [1.165, 1.54) is 24.3 Å². The number of carbonyl (C=O) groups is 1. The molecule has 0 bridgehead atoms. The third-order valence-electron chi connectivity index (χ3n) is 2.29. The molecule has 3 nitrogen and oxygen atoms in total. The summed E-state index contributed by atoms with van der Waals surface area (Å²) in [5, 5.41) is 3.47. The van der Waals surface area contributed by atoms with E-state index in [2.05, 4.69) is 10.3 Å². The number of nitrogens with zero attached hydrogens (tertiary/aromatic N) is 1. The highest BCUT2D eigenvalue weighted by Gasteiger charge is 2.18. The van der Waals surface area contributed by atoms with Crippen LogP contribution in [0.25, 0.3) is 11.3 Å². The number of ketones is 1. The van der Waals surface area contributed by atoms with Gasteiger partial charge in [0.25, 0.3) is 0 Å². The van der Waals surface area contributed by atoms with Crippen LogP contribution in [-0.4, -0.2) is 17.8 Å². The van der Waals surface area contributed by atoms with E-state index in [0.717, 1.165) is 0 Å². The minimum atomic E-state index is -0.372. The van der Waals surface area contributed by atoms with Crippen molar-refractivity contribution < 1.29 is 9.18 Å². The predicted octanol–water partition coefficient (Wildman–Crippen LogP) is 3.19. The molecular formula is C12H11FN2OS. The predicted molar refractivity (Wildman–Crippen MR) is 67.1 cm³/mol. The number of hydrogen-bond acceptors (Lipinski definition) is 4. The molecule has 0 unspecified atom stereocenters. The van der Waals surface area contributed by atoms with Crippen LogP contribution >= 0.6 is 11.3 Å². The van der Waals surface area contributed by atoms with Gasteiger partial charge in [-0.1, -0.05) is 23.5 Å². The van der Waals surface area contributed by atoms with Gasteiger partial charge in [-0.3, -0.25) is 4.79 Å². The van der Waals surface area contributed by atoms with Gasteiger partial charge in [0.15, 0.2) is 10.9 Å². The van der Waals surface area contributed by atoms with E-state index >= 15 is 0 Å². The number of nitrogens with one attached hydrogen (secondary N) is 1. The molecule has 5 heteroatoms. The SMILES string of the molecule is CNc1nc(-c2ccccc2F)c(C(C)=O)s1. The highest BCUT2D eigenvalue weighted by Crippen LogP contribution is 2.32. The summed E-state index contributed by atoms with van der Waals surface area (Å²) in [6, 6.07) is 6.31. The maximum absolute atomic E-state index is 13.7. The van der Waals surface area contributed by atoms with Gasteiger partial charge in [0.05, 0.1) is 10.6 Å². The third kappa shape index (κ3) is 2.19. The summed E-state index contributed by atoms with van der Waals surface area (Å²) >= 11 is 1.23. The first-order valence-corrected chi connectivity index (χ1v) is 5.89. The summed E-state index contributed by atoms with van der Waals surface area (Å²) in [6.45, 7) is 1.46. The minimum absolute atomic E-state index is 0.109. The smallest absolute Gasteiger partial charge is 0.183 e. The maximum atomic E-state index is 13.7. The van der Waals surface area contributed by atoms with Crippen LogP contribution < -0.4 is 5.32 Å². The Bertz CT molecular complexity index is 565. The first-order valence-electron chi connectivity index (χ1n) is 5.08. The van der Waals surface area contributed by atoms with E-state index in [9.17, 15) is 9.18 Å². The van der Waals surface area contributed by atoms with Crippen molar-refractivity contribution in [3.05, 3.63) is 35.0 Å². The lowest BCUT2D eigenvalue weighted by molar-refractivity contribution is 0.102. The Labute approximate surface area is 102 Å². The molecule has 17 heavy (non-hydrogen) atoms. The molecular weight excluding hydrogens is 239 g/mol. The van der Waals surface area contributed by atoms with Crippen LogP contribution in [0, 0.1) is 5.82 Å². The molecule has 2 rings (SSSR count). The van der Waals surface area contributed by atoms with Crippen LogP contribution in [0.1, 0.15) is 16.6 Å². The minimum Gasteiger partial charge on any atom is -0.365 e. The Hall–Kier alpha value is -1.75. The molecule has 0 radical (unpaired) electrons. The molecule has 0 amide bonds. The fraction of sp³-hybridized carbons (Fsp3) is 0.167. The molecule has 0 spiro atoms. The molecule has 0 aliphatic heterocycles. The van der Waals surface area contributed by atoms with E-state index < -0.39 is 0 Å². The number of anilines is 1. The molecule has 1 heterocycles. The topological polar surface area (TPSA) is 42.0 Å². The molecule has 1 N–H and O–H groups in total. The number of carbonyl (C=O) groups excluding carboxylic acids is 1. The van der Waals surface area contributed by atoms with Gasteiger partial charge in [-0.25, -0.2) is 9.37 Å². The average molecular weight is 250 g/mol. The third-order valence-corrected chi connectivity index (χ3v) is 3.46. The van der Waals surface area contributed by atoms with Gasteiger partial charge in [-0.05, 0) is 12.1 Å². The van der Waals surface area contributed by atoms with E-state index in [-0.39, 0.29) is 11.6 Å². The highest BCUT2D eigenvalue weighted by molar-refractivity contribution is 7.18. The first-order chi connectivity index (χ1) is 8.13. The van der Waals surface area contributed by atoms with E-state index in [1.807, 2.05) is 0 Å². The quantitative estimate of drug-likeness (QED) is 0.851. The number of rotatable bonds is 3. The molecule has 0 saturated heterocycles. The van der Waals surface area contributed by atoms with E-state index in [4.69, 9.17) is 0 Å². The number of aromatic nitrogens is 1. The van der Waals surface area contributed by atoms with Crippen LogP contribution in [0.4, 0.5) is 9.52 Å². The number of hydrogen-bond donors (Lipinski definition) is 1. The fourth-order valence-corrected chi connectivity index (χ4v) is 2.33. The number of halogens is 1. The largest absolute Gasteiger partial charge is 0.365 e. The molecule has 0 atom stereocenters. The fourth-order valence-electron chi connectivity index (χ4n) is 1.50. The Kier molecular flexibility index (Phi) is 3.19. The molecule has 0 aliphatic rings. The van der Waals surface area contributed by atoms with Crippen molar-refractivity contribution in [3.63, 3.8) is 0 Å². The Morgan fingerprint density at radius 2 is 2.12 bits per heavy atom. The second-order valence-electron chi connectivity index (χ2n) is 3.48. The normalized spacial score (nSPS) is 10.3. The molecule has 0 aliphatic carbocycles. The van der Waals surface area contributed by atoms with Gasteiger partial charge in [0.1, 0.15) is 5.82 Å². The summed E-state index contributed by atoms with van der Waals surface area (Å²) < 4.78 is 13.7. The number of Topliss-reactive ketones (excluding diaryl/α,β-unsaturated/α-hetero) is 1. The van der Waals surface area contributed by atoms with Crippen LogP contribution in [0.15, 0.2) is 24.3 Å². The molecule has 88 valence electrons. The summed E-state index contributed by atoms with van der Waals surface area (Å²) in [7, 11) is 1.72. The Balaban J connectivity index is 2.62. The summed E-state index contributed by atoms with van der Waals surface area (Å²) in [4.78, 5) is 16.2. The average Bonchev–Trinajstić information content (AvgIpc) is 2.73. The van der Waals surface area contributed by atoms with Gasteiger partial charge >= 0.3 is 0 Å². The molecule has 1 aromatic heterocycles. The van der Waals surface area contributed by atoms with Crippen LogP contribution in [0.2, 0.25) is 0 Å². The molecule has 1 aromatic carbocycles. The first kappa shape index (κ1) is 11.7. The van der Waals surface area contributed by atoms with Crippen molar-refractivity contribution in [2.45, 2.75) is 6.92 Å².